The molecule has 2 aromatic heterocycles. The number of thiophene rings is 1. The Balaban J connectivity index is 2.10. The normalized spacial score (nSPS) is 11.0. The molecule has 0 aliphatic rings. The summed E-state index contributed by atoms with van der Waals surface area (Å²) in [4.78, 5) is 12.3. The molecule has 108 valence electrons. The molecule has 2 heterocycles. The van der Waals surface area contributed by atoms with Crippen LogP contribution in [0.5, 0.6) is 0 Å². The molecule has 0 aliphatic carbocycles. The third kappa shape index (κ3) is 2.76. The van der Waals surface area contributed by atoms with Crippen LogP contribution in [0.25, 0.3) is 10.2 Å². The molecule has 0 unspecified atom stereocenters. The Kier molecular flexibility index (Phi) is 4.12. The summed E-state index contributed by atoms with van der Waals surface area (Å²) >= 11 is 5.24. The van der Waals surface area contributed by atoms with Crippen molar-refractivity contribution >= 4 is 43.4 Å². The summed E-state index contributed by atoms with van der Waals surface area (Å²) in [5, 5.41) is 4.95. The average molecular weight is 363 g/mol. The molecule has 0 atom stereocenters. The lowest BCUT2D eigenvalue weighted by Crippen LogP contribution is -2.25. The van der Waals surface area contributed by atoms with Gasteiger partial charge in [0, 0.05) is 18.5 Å². The summed E-state index contributed by atoms with van der Waals surface area (Å²) in [6.45, 7) is 3.25. The van der Waals surface area contributed by atoms with Crippen LogP contribution in [0, 0.1) is 0 Å². The topological polar surface area (TPSA) is 34.0 Å². The maximum atomic E-state index is 12.3. The summed E-state index contributed by atoms with van der Waals surface area (Å²) in [6, 6.07) is 12.2. The van der Waals surface area contributed by atoms with Crippen LogP contribution in [-0.4, -0.2) is 17.0 Å². The third-order valence-electron chi connectivity index (χ3n) is 3.33. The van der Waals surface area contributed by atoms with Crippen molar-refractivity contribution in [2.45, 2.75) is 13.5 Å². The van der Waals surface area contributed by atoms with E-state index in [9.17, 15) is 4.79 Å². The first-order valence-corrected chi connectivity index (χ1v) is 8.46. The number of hydrogen-bond acceptors (Lipinski definition) is 2. The van der Waals surface area contributed by atoms with Crippen molar-refractivity contribution in [3.05, 3.63) is 57.5 Å². The van der Waals surface area contributed by atoms with Crippen molar-refractivity contribution in [2.75, 3.05) is 6.54 Å². The quantitative estimate of drug-likeness (QED) is 0.738. The van der Waals surface area contributed by atoms with Crippen LogP contribution < -0.4 is 5.32 Å². The molecule has 3 rings (SSSR count). The molecule has 3 aromatic rings. The van der Waals surface area contributed by atoms with E-state index >= 15 is 0 Å². The maximum absolute atomic E-state index is 12.3. The minimum Gasteiger partial charge on any atom is -0.351 e. The first kappa shape index (κ1) is 14.4. The van der Waals surface area contributed by atoms with E-state index in [1.54, 1.807) is 11.3 Å². The Labute approximate surface area is 135 Å². The highest BCUT2D eigenvalue weighted by molar-refractivity contribution is 9.10. The van der Waals surface area contributed by atoms with Gasteiger partial charge in [-0.05, 0) is 34.5 Å². The average Bonchev–Trinajstić information content (AvgIpc) is 3.02. The van der Waals surface area contributed by atoms with Gasteiger partial charge in [-0.2, -0.15) is 0 Å². The number of carbonyl (C=O) groups excluding carboxylic acids is 1. The molecular formula is C16H15BrN2OS. The zero-order valence-electron chi connectivity index (χ0n) is 11.6. The number of fused-ring (bicyclic) bond motifs is 1. The second-order valence-corrected chi connectivity index (χ2v) is 6.52. The number of nitrogens with zero attached hydrogens (tertiary/aromatic N) is 1. The molecule has 0 saturated heterocycles. The Bertz CT molecular complexity index is 776. The lowest BCUT2D eigenvalue weighted by atomic mass is 10.2. The molecule has 0 spiro atoms. The number of benzene rings is 1. The van der Waals surface area contributed by atoms with E-state index in [0.29, 0.717) is 18.8 Å². The fraction of sp³-hybridized carbons (Fsp3) is 0.188. The predicted octanol–water partition coefficient (Wildman–Crippen LogP) is 4.26. The van der Waals surface area contributed by atoms with Gasteiger partial charge >= 0.3 is 0 Å². The largest absolute Gasteiger partial charge is 0.351 e. The van der Waals surface area contributed by atoms with Gasteiger partial charge in [-0.15, -0.1) is 11.3 Å². The lowest BCUT2D eigenvalue weighted by Gasteiger charge is -2.10. The minimum absolute atomic E-state index is 0.0243. The van der Waals surface area contributed by atoms with Crippen LogP contribution in [0.2, 0.25) is 0 Å². The maximum Gasteiger partial charge on any atom is 0.267 e. The summed E-state index contributed by atoms with van der Waals surface area (Å²) in [7, 11) is 0. The lowest BCUT2D eigenvalue weighted by molar-refractivity contribution is 0.0947. The van der Waals surface area contributed by atoms with E-state index in [0.717, 1.165) is 14.7 Å². The fourth-order valence-electron chi connectivity index (χ4n) is 2.40. The summed E-state index contributed by atoms with van der Waals surface area (Å²) in [5.41, 5.74) is 2.98. The van der Waals surface area contributed by atoms with E-state index in [1.165, 1.54) is 5.56 Å². The van der Waals surface area contributed by atoms with Crippen LogP contribution in [0.1, 0.15) is 23.0 Å². The van der Waals surface area contributed by atoms with Gasteiger partial charge in [0.1, 0.15) is 5.69 Å². The Morgan fingerprint density at radius 1 is 1.33 bits per heavy atom. The zero-order chi connectivity index (χ0) is 14.8. The standard InChI is InChI=1S/C16H15BrN2OS/c1-2-18-16(20)13-8-14-15(12(17)10-21-14)19(13)9-11-6-4-3-5-7-11/h3-8,10H,2,9H2,1H3,(H,18,20). The van der Waals surface area contributed by atoms with Crippen molar-refractivity contribution in [2.24, 2.45) is 0 Å². The van der Waals surface area contributed by atoms with E-state index in [1.807, 2.05) is 31.2 Å². The Morgan fingerprint density at radius 3 is 2.81 bits per heavy atom. The van der Waals surface area contributed by atoms with Gasteiger partial charge in [-0.1, -0.05) is 30.3 Å². The van der Waals surface area contributed by atoms with Gasteiger partial charge in [-0.25, -0.2) is 0 Å². The smallest absolute Gasteiger partial charge is 0.267 e. The molecule has 0 fully saturated rings. The number of carbonyl (C=O) groups is 1. The molecule has 1 N–H and O–H groups in total. The van der Waals surface area contributed by atoms with E-state index in [4.69, 9.17) is 0 Å². The van der Waals surface area contributed by atoms with Crippen LogP contribution in [0.3, 0.4) is 0 Å². The van der Waals surface area contributed by atoms with E-state index in [2.05, 4.69) is 43.3 Å². The number of aromatic nitrogens is 1. The van der Waals surface area contributed by atoms with Crippen molar-refractivity contribution in [3.63, 3.8) is 0 Å². The molecule has 21 heavy (non-hydrogen) atoms. The van der Waals surface area contributed by atoms with Crippen molar-refractivity contribution in [1.29, 1.82) is 0 Å². The number of nitrogens with one attached hydrogen (secondary N) is 1. The highest BCUT2D eigenvalue weighted by Gasteiger charge is 2.18. The monoisotopic (exact) mass is 362 g/mol. The van der Waals surface area contributed by atoms with Gasteiger partial charge in [-0.3, -0.25) is 4.79 Å². The molecule has 5 heteroatoms. The van der Waals surface area contributed by atoms with Crippen LogP contribution in [0.15, 0.2) is 46.3 Å². The third-order valence-corrected chi connectivity index (χ3v) is 5.16. The summed E-state index contributed by atoms with van der Waals surface area (Å²) in [5.74, 6) is -0.0243. The summed E-state index contributed by atoms with van der Waals surface area (Å²) in [6.07, 6.45) is 0. The van der Waals surface area contributed by atoms with Gasteiger partial charge in [0.2, 0.25) is 0 Å². The predicted molar refractivity (Wildman–Crippen MR) is 91.1 cm³/mol. The van der Waals surface area contributed by atoms with Crippen LogP contribution in [0.4, 0.5) is 0 Å². The molecule has 0 radical (unpaired) electrons. The molecular weight excluding hydrogens is 348 g/mol. The molecule has 0 saturated carbocycles. The van der Waals surface area contributed by atoms with E-state index in [-0.39, 0.29) is 5.91 Å². The minimum atomic E-state index is -0.0243. The van der Waals surface area contributed by atoms with Crippen LogP contribution >= 0.6 is 27.3 Å². The van der Waals surface area contributed by atoms with E-state index < -0.39 is 0 Å². The summed E-state index contributed by atoms with van der Waals surface area (Å²) < 4.78 is 4.24. The van der Waals surface area contributed by atoms with Gasteiger partial charge in [0.15, 0.2) is 0 Å². The molecule has 0 aliphatic heterocycles. The second-order valence-electron chi connectivity index (χ2n) is 4.76. The number of rotatable bonds is 4. The van der Waals surface area contributed by atoms with Gasteiger partial charge in [0.05, 0.1) is 14.7 Å². The zero-order valence-corrected chi connectivity index (χ0v) is 14.0. The van der Waals surface area contributed by atoms with Gasteiger partial charge in [0.25, 0.3) is 5.91 Å². The highest BCUT2D eigenvalue weighted by Crippen LogP contribution is 2.33. The molecule has 0 bridgehead atoms. The molecule has 1 aromatic carbocycles. The SMILES string of the molecule is CCNC(=O)c1cc2scc(Br)c2n1Cc1ccccc1. The molecule has 3 nitrogen and oxygen atoms in total. The molecule has 1 amide bonds. The van der Waals surface area contributed by atoms with Gasteiger partial charge < -0.3 is 9.88 Å². The van der Waals surface area contributed by atoms with Crippen molar-refractivity contribution in [3.8, 4) is 0 Å². The fourth-order valence-corrected chi connectivity index (χ4v) is 4.09. The highest BCUT2D eigenvalue weighted by atomic mass is 79.9. The number of hydrogen-bond donors (Lipinski definition) is 1. The van der Waals surface area contributed by atoms with Crippen molar-refractivity contribution in [1.82, 2.24) is 9.88 Å². The second kappa shape index (κ2) is 6.03. The van der Waals surface area contributed by atoms with Crippen molar-refractivity contribution < 1.29 is 4.79 Å². The number of halogens is 1. The first-order valence-electron chi connectivity index (χ1n) is 6.79. The van der Waals surface area contributed by atoms with Crippen LogP contribution in [-0.2, 0) is 6.54 Å². The number of amides is 1. The Hall–Kier alpha value is -1.59. The first-order chi connectivity index (χ1) is 10.2. The Morgan fingerprint density at radius 2 is 2.10 bits per heavy atom.